The van der Waals surface area contributed by atoms with E-state index >= 15 is 0 Å². The molecule has 5 rings (SSSR count). The Kier molecular flexibility index (Phi) is 4.64. The number of fused-ring (bicyclic) bond motifs is 1. The Hall–Kier alpha value is -3.34. The molecule has 2 aliphatic heterocycles. The molecule has 0 N–H and O–H groups in total. The Bertz CT molecular complexity index is 995. The van der Waals surface area contributed by atoms with Gasteiger partial charge in [-0.2, -0.15) is 0 Å². The number of para-hydroxylation sites is 2. The van der Waals surface area contributed by atoms with Gasteiger partial charge >= 0.3 is 0 Å². The first-order valence-corrected chi connectivity index (χ1v) is 10.2. The van der Waals surface area contributed by atoms with Crippen LogP contribution in [-0.2, 0) is 6.42 Å². The lowest BCUT2D eigenvalue weighted by Crippen LogP contribution is -2.49. The lowest BCUT2D eigenvalue weighted by molar-refractivity contribution is 0.0741. The van der Waals surface area contributed by atoms with Crippen LogP contribution in [-0.4, -0.2) is 48.5 Å². The van der Waals surface area contributed by atoms with E-state index in [0.29, 0.717) is 5.69 Å². The van der Waals surface area contributed by atoms with Crippen LogP contribution in [0.4, 0.5) is 17.1 Å². The van der Waals surface area contributed by atoms with E-state index in [2.05, 4.69) is 63.3 Å². The lowest BCUT2D eigenvalue weighted by atomic mass is 10.2. The molecular weight excluding hydrogens is 360 g/mol. The number of benzene rings is 2. The fourth-order valence-corrected chi connectivity index (χ4v) is 4.25. The maximum Gasteiger partial charge on any atom is 0.272 e. The molecule has 0 spiro atoms. The number of carbonyl (C=O) groups excluding carboxylic acids is 1. The molecule has 1 amide bonds. The minimum Gasteiger partial charge on any atom is -0.368 e. The molecule has 1 saturated heterocycles. The summed E-state index contributed by atoms with van der Waals surface area (Å²) in [5, 5.41) is 0. The number of anilines is 3. The van der Waals surface area contributed by atoms with Crippen LogP contribution < -0.4 is 9.80 Å². The first-order chi connectivity index (χ1) is 14.3. The van der Waals surface area contributed by atoms with Gasteiger partial charge in [0.2, 0.25) is 0 Å². The molecule has 2 aliphatic rings. The van der Waals surface area contributed by atoms with Crippen molar-refractivity contribution in [3.63, 3.8) is 0 Å². The average Bonchev–Trinajstić information content (AvgIpc) is 3.24. The third-order valence-corrected chi connectivity index (χ3v) is 5.85. The Morgan fingerprint density at radius 2 is 1.52 bits per heavy atom. The predicted octanol–water partition coefficient (Wildman–Crippen LogP) is 3.74. The van der Waals surface area contributed by atoms with Crippen molar-refractivity contribution in [3.8, 4) is 0 Å². The number of pyridine rings is 1. The molecule has 3 aromatic rings. The minimum absolute atomic E-state index is 0.0195. The third kappa shape index (κ3) is 3.44. The summed E-state index contributed by atoms with van der Waals surface area (Å²) in [5.41, 5.74) is 5.39. The number of carbonyl (C=O) groups is 1. The summed E-state index contributed by atoms with van der Waals surface area (Å²) in [4.78, 5) is 23.9. The quantitative estimate of drug-likeness (QED) is 0.690. The number of hydrogen-bond donors (Lipinski definition) is 0. The van der Waals surface area contributed by atoms with Crippen LogP contribution in [0.1, 0.15) is 16.1 Å². The Balaban J connectivity index is 1.25. The molecule has 0 radical (unpaired) electrons. The number of nitrogens with zero attached hydrogens (tertiary/aromatic N) is 4. The topological polar surface area (TPSA) is 39.7 Å². The van der Waals surface area contributed by atoms with Crippen LogP contribution in [0.3, 0.4) is 0 Å². The lowest BCUT2D eigenvalue weighted by Gasteiger charge is -2.36. The first kappa shape index (κ1) is 17.7. The van der Waals surface area contributed by atoms with Crippen molar-refractivity contribution in [1.29, 1.82) is 0 Å². The molecule has 0 saturated carbocycles. The summed E-state index contributed by atoms with van der Waals surface area (Å²) >= 11 is 0. The van der Waals surface area contributed by atoms with Crippen molar-refractivity contribution in [3.05, 3.63) is 84.2 Å². The molecule has 5 heteroatoms. The summed E-state index contributed by atoms with van der Waals surface area (Å²) in [7, 11) is 0. The van der Waals surface area contributed by atoms with E-state index in [4.69, 9.17) is 0 Å². The van der Waals surface area contributed by atoms with Crippen LogP contribution in [0.15, 0.2) is 72.9 Å². The van der Waals surface area contributed by atoms with Crippen molar-refractivity contribution in [2.45, 2.75) is 6.42 Å². The molecule has 5 nitrogen and oxygen atoms in total. The molecule has 29 heavy (non-hydrogen) atoms. The van der Waals surface area contributed by atoms with Gasteiger partial charge < -0.3 is 14.7 Å². The summed E-state index contributed by atoms with van der Waals surface area (Å²) in [6, 6.07) is 22.7. The summed E-state index contributed by atoms with van der Waals surface area (Å²) in [6.07, 6.45) is 2.87. The van der Waals surface area contributed by atoms with Crippen molar-refractivity contribution >= 4 is 23.0 Å². The van der Waals surface area contributed by atoms with Crippen molar-refractivity contribution in [2.75, 3.05) is 42.5 Å². The van der Waals surface area contributed by atoms with E-state index in [0.717, 1.165) is 44.8 Å². The van der Waals surface area contributed by atoms with E-state index < -0.39 is 0 Å². The van der Waals surface area contributed by atoms with Gasteiger partial charge in [0.25, 0.3) is 5.91 Å². The van der Waals surface area contributed by atoms with Gasteiger partial charge in [-0.15, -0.1) is 0 Å². The molecular formula is C24H24N4O. The fraction of sp³-hybridized carbons (Fsp3) is 0.250. The minimum atomic E-state index is 0.0195. The second-order valence-electron chi connectivity index (χ2n) is 7.55. The second kappa shape index (κ2) is 7.59. The molecule has 2 aromatic carbocycles. The number of hydrogen-bond acceptors (Lipinski definition) is 4. The van der Waals surface area contributed by atoms with E-state index in [-0.39, 0.29) is 5.91 Å². The number of amides is 1. The van der Waals surface area contributed by atoms with Gasteiger partial charge in [0.1, 0.15) is 5.69 Å². The van der Waals surface area contributed by atoms with Gasteiger partial charge in [-0.05, 0) is 42.3 Å². The van der Waals surface area contributed by atoms with Crippen LogP contribution in [0, 0.1) is 0 Å². The number of rotatable bonds is 3. The van der Waals surface area contributed by atoms with Crippen LogP contribution >= 0.6 is 0 Å². The highest BCUT2D eigenvalue weighted by Crippen LogP contribution is 2.33. The number of aromatic nitrogens is 1. The van der Waals surface area contributed by atoms with Crippen molar-refractivity contribution in [1.82, 2.24) is 9.88 Å². The van der Waals surface area contributed by atoms with Crippen LogP contribution in [0.5, 0.6) is 0 Å². The molecule has 3 heterocycles. The normalized spacial score (nSPS) is 16.1. The molecule has 0 unspecified atom stereocenters. The Morgan fingerprint density at radius 1 is 0.759 bits per heavy atom. The zero-order valence-corrected chi connectivity index (χ0v) is 16.4. The van der Waals surface area contributed by atoms with Gasteiger partial charge in [0.15, 0.2) is 0 Å². The summed E-state index contributed by atoms with van der Waals surface area (Å²) in [6.45, 7) is 4.08. The largest absolute Gasteiger partial charge is 0.368 e. The molecule has 1 fully saturated rings. The monoisotopic (exact) mass is 384 g/mol. The second-order valence-corrected chi connectivity index (χ2v) is 7.55. The van der Waals surface area contributed by atoms with Crippen LogP contribution in [0.25, 0.3) is 0 Å². The van der Waals surface area contributed by atoms with Gasteiger partial charge in [-0.25, -0.2) is 4.98 Å². The van der Waals surface area contributed by atoms with Crippen molar-refractivity contribution in [2.24, 2.45) is 0 Å². The number of piperazine rings is 1. The SMILES string of the molecule is O=C(c1ccc(N2CCc3ccccc32)cn1)N1CCN(c2ccccc2)CC1. The molecule has 1 aromatic heterocycles. The fourth-order valence-electron chi connectivity index (χ4n) is 4.25. The summed E-state index contributed by atoms with van der Waals surface area (Å²) < 4.78 is 0. The van der Waals surface area contributed by atoms with E-state index in [1.54, 1.807) is 0 Å². The van der Waals surface area contributed by atoms with E-state index in [1.165, 1.54) is 16.9 Å². The Morgan fingerprint density at radius 3 is 2.28 bits per heavy atom. The standard InChI is InChI=1S/C24H24N4O/c29-24(27-16-14-26(15-17-27)20-7-2-1-3-8-20)22-11-10-21(18-25-22)28-13-12-19-6-4-5-9-23(19)28/h1-11,18H,12-17H2. The molecule has 0 atom stereocenters. The van der Waals surface area contributed by atoms with Crippen molar-refractivity contribution < 1.29 is 4.79 Å². The maximum absolute atomic E-state index is 12.9. The predicted molar refractivity (Wildman–Crippen MR) is 116 cm³/mol. The molecule has 146 valence electrons. The van der Waals surface area contributed by atoms with Gasteiger partial charge in [0, 0.05) is 44.1 Å². The zero-order chi connectivity index (χ0) is 19.6. The van der Waals surface area contributed by atoms with Gasteiger partial charge in [0.05, 0.1) is 11.9 Å². The first-order valence-electron chi connectivity index (χ1n) is 10.2. The van der Waals surface area contributed by atoms with Gasteiger partial charge in [-0.1, -0.05) is 36.4 Å². The maximum atomic E-state index is 12.9. The highest BCUT2D eigenvalue weighted by molar-refractivity contribution is 5.92. The Labute approximate surface area is 171 Å². The molecule has 0 aliphatic carbocycles. The van der Waals surface area contributed by atoms with E-state index in [9.17, 15) is 4.79 Å². The summed E-state index contributed by atoms with van der Waals surface area (Å²) in [5.74, 6) is 0.0195. The average molecular weight is 384 g/mol. The highest BCUT2D eigenvalue weighted by atomic mass is 16.2. The molecule has 0 bridgehead atoms. The van der Waals surface area contributed by atoms with Gasteiger partial charge in [-0.3, -0.25) is 4.79 Å². The highest BCUT2D eigenvalue weighted by Gasteiger charge is 2.24. The third-order valence-electron chi connectivity index (χ3n) is 5.85. The smallest absolute Gasteiger partial charge is 0.272 e. The zero-order valence-electron chi connectivity index (χ0n) is 16.4. The van der Waals surface area contributed by atoms with Crippen LogP contribution in [0.2, 0.25) is 0 Å². The van der Waals surface area contributed by atoms with E-state index in [1.807, 2.05) is 29.3 Å².